The fourth-order valence-electron chi connectivity index (χ4n) is 5.14. The van der Waals surface area contributed by atoms with E-state index in [-0.39, 0.29) is 0 Å². The molecule has 0 radical (unpaired) electrons. The predicted molar refractivity (Wildman–Crippen MR) is 131 cm³/mol. The smallest absolute Gasteiger partial charge is 0.252 e. The van der Waals surface area contributed by atoms with Crippen LogP contribution < -0.4 is 4.57 Å². The zero-order valence-corrected chi connectivity index (χ0v) is 19.5. The van der Waals surface area contributed by atoms with Crippen LogP contribution in [0.1, 0.15) is 44.5 Å². The summed E-state index contributed by atoms with van der Waals surface area (Å²) in [7, 11) is 2.18. The molecule has 3 heteroatoms. The Labute approximate surface area is 184 Å². The SMILES string of the molecule is Cc1cc(CC(C)C)nc2c3ccc(CC(C)C)cc3n3c4ccccc4[n+](C)c3c12. The molecule has 5 aromatic rings. The molecular weight excluding hydrogens is 378 g/mol. The Morgan fingerprint density at radius 2 is 1.65 bits per heavy atom. The zero-order valence-electron chi connectivity index (χ0n) is 19.5. The molecule has 3 nitrogen and oxygen atoms in total. The van der Waals surface area contributed by atoms with E-state index in [1.807, 2.05) is 0 Å². The molecule has 0 aliphatic rings. The number of hydrogen-bond donors (Lipinski definition) is 0. The van der Waals surface area contributed by atoms with Crippen molar-refractivity contribution in [3.05, 3.63) is 65.4 Å². The van der Waals surface area contributed by atoms with Crippen LogP contribution in [0.4, 0.5) is 0 Å². The lowest BCUT2D eigenvalue weighted by atomic mass is 9.99. The van der Waals surface area contributed by atoms with Crippen LogP contribution in [0, 0.1) is 18.8 Å². The van der Waals surface area contributed by atoms with Crippen molar-refractivity contribution >= 4 is 38.5 Å². The molecule has 3 aromatic heterocycles. The minimum absolute atomic E-state index is 0.587. The summed E-state index contributed by atoms with van der Waals surface area (Å²) in [6.45, 7) is 11.3. The van der Waals surface area contributed by atoms with Crippen LogP contribution in [0.15, 0.2) is 48.5 Å². The number of aromatic nitrogens is 3. The maximum atomic E-state index is 5.23. The molecule has 0 aliphatic carbocycles. The molecule has 0 fully saturated rings. The number of aryl methyl sites for hydroxylation is 2. The van der Waals surface area contributed by atoms with Gasteiger partial charge >= 0.3 is 0 Å². The maximum Gasteiger partial charge on any atom is 0.297 e. The van der Waals surface area contributed by atoms with E-state index in [0.717, 1.165) is 18.4 Å². The Morgan fingerprint density at radius 1 is 0.903 bits per heavy atom. The second kappa shape index (κ2) is 7.33. The minimum Gasteiger partial charge on any atom is -0.252 e. The molecule has 0 saturated carbocycles. The molecule has 0 N–H and O–H groups in total. The third kappa shape index (κ3) is 3.18. The molecule has 31 heavy (non-hydrogen) atoms. The molecule has 2 aromatic carbocycles. The van der Waals surface area contributed by atoms with E-state index >= 15 is 0 Å². The van der Waals surface area contributed by atoms with Gasteiger partial charge in [-0.25, -0.2) is 4.57 Å². The highest BCUT2D eigenvalue weighted by Crippen LogP contribution is 2.33. The van der Waals surface area contributed by atoms with E-state index in [1.165, 1.54) is 49.8 Å². The molecule has 0 saturated heterocycles. The number of hydrogen-bond acceptors (Lipinski definition) is 1. The largest absolute Gasteiger partial charge is 0.297 e. The van der Waals surface area contributed by atoms with Gasteiger partial charge in [0.2, 0.25) is 0 Å². The van der Waals surface area contributed by atoms with E-state index in [4.69, 9.17) is 4.98 Å². The number of para-hydroxylation sites is 2. The van der Waals surface area contributed by atoms with E-state index < -0.39 is 0 Å². The molecule has 0 aliphatic heterocycles. The molecule has 0 atom stereocenters. The van der Waals surface area contributed by atoms with Gasteiger partial charge in [0.1, 0.15) is 5.52 Å². The van der Waals surface area contributed by atoms with Crippen molar-refractivity contribution in [3.63, 3.8) is 0 Å². The number of nitrogens with zero attached hydrogens (tertiary/aromatic N) is 3. The summed E-state index contributed by atoms with van der Waals surface area (Å²) in [5, 5.41) is 2.50. The Morgan fingerprint density at radius 3 is 2.39 bits per heavy atom. The molecular formula is C28H32N3+. The molecule has 0 spiro atoms. The van der Waals surface area contributed by atoms with Gasteiger partial charge in [0.05, 0.1) is 18.0 Å². The molecule has 0 bridgehead atoms. The van der Waals surface area contributed by atoms with Gasteiger partial charge in [-0.2, -0.15) is 4.40 Å². The number of pyridine rings is 2. The predicted octanol–water partition coefficient (Wildman–Crippen LogP) is 6.32. The maximum absolute atomic E-state index is 5.23. The topological polar surface area (TPSA) is 21.2 Å². The monoisotopic (exact) mass is 410 g/mol. The second-order valence-electron chi connectivity index (χ2n) is 9.91. The van der Waals surface area contributed by atoms with Gasteiger partial charge in [0, 0.05) is 11.1 Å². The van der Waals surface area contributed by atoms with Crippen molar-refractivity contribution in [3.8, 4) is 0 Å². The van der Waals surface area contributed by atoms with Crippen molar-refractivity contribution in [1.29, 1.82) is 0 Å². The lowest BCUT2D eigenvalue weighted by molar-refractivity contribution is -0.617. The van der Waals surface area contributed by atoms with Gasteiger partial charge < -0.3 is 0 Å². The van der Waals surface area contributed by atoms with Crippen molar-refractivity contribution in [1.82, 2.24) is 9.38 Å². The van der Waals surface area contributed by atoms with Crippen LogP contribution in [-0.4, -0.2) is 9.38 Å². The van der Waals surface area contributed by atoms with Crippen molar-refractivity contribution in [2.75, 3.05) is 0 Å². The van der Waals surface area contributed by atoms with E-state index in [0.29, 0.717) is 11.8 Å². The summed E-state index contributed by atoms with van der Waals surface area (Å²) in [6.07, 6.45) is 2.09. The Bertz CT molecular complexity index is 1450. The Kier molecular flexibility index (Phi) is 4.73. The lowest BCUT2D eigenvalue weighted by Gasteiger charge is -2.12. The van der Waals surface area contributed by atoms with Gasteiger partial charge in [-0.15, -0.1) is 0 Å². The van der Waals surface area contributed by atoms with Crippen LogP contribution in [0.25, 0.3) is 38.5 Å². The summed E-state index contributed by atoms with van der Waals surface area (Å²) in [4.78, 5) is 5.23. The number of fused-ring (bicyclic) bond motifs is 8. The molecule has 158 valence electrons. The number of rotatable bonds is 4. The second-order valence-corrected chi connectivity index (χ2v) is 9.91. The Hall–Kier alpha value is -2.94. The first-order valence-corrected chi connectivity index (χ1v) is 11.5. The first kappa shape index (κ1) is 20.0. The Balaban J connectivity index is 2.02. The summed E-state index contributed by atoms with van der Waals surface area (Å²) in [5.41, 5.74) is 9.99. The fourth-order valence-corrected chi connectivity index (χ4v) is 5.14. The number of benzene rings is 2. The van der Waals surface area contributed by atoms with Crippen LogP contribution >= 0.6 is 0 Å². The normalized spacial score (nSPS) is 12.4. The quantitative estimate of drug-likeness (QED) is 0.251. The van der Waals surface area contributed by atoms with Crippen LogP contribution in [0.2, 0.25) is 0 Å². The van der Waals surface area contributed by atoms with E-state index in [9.17, 15) is 0 Å². The third-order valence-electron chi connectivity index (χ3n) is 6.33. The van der Waals surface area contributed by atoms with E-state index in [1.54, 1.807) is 0 Å². The van der Waals surface area contributed by atoms with Crippen LogP contribution in [-0.2, 0) is 19.9 Å². The van der Waals surface area contributed by atoms with E-state index in [2.05, 4.69) is 99.2 Å². The standard InChI is InChI=1S/C28H32N3/c1-17(2)13-20-11-12-22-25(16-20)31-24-10-8-7-9-23(24)30(6)28(31)26-19(5)15-21(14-18(3)4)29-27(22)26/h7-12,15-18H,13-14H2,1-6H3/q+1. The average molecular weight is 411 g/mol. The van der Waals surface area contributed by atoms with Gasteiger partial charge in [0.15, 0.2) is 11.0 Å². The summed E-state index contributed by atoms with van der Waals surface area (Å²) in [5.74, 6) is 1.22. The van der Waals surface area contributed by atoms with Gasteiger partial charge in [0.25, 0.3) is 5.65 Å². The molecule has 0 unspecified atom stereocenters. The average Bonchev–Trinajstić information content (AvgIpc) is 3.00. The van der Waals surface area contributed by atoms with Gasteiger partial charge in [-0.3, -0.25) is 4.98 Å². The minimum atomic E-state index is 0.587. The zero-order chi connectivity index (χ0) is 21.9. The van der Waals surface area contributed by atoms with Crippen LogP contribution in [0.5, 0.6) is 0 Å². The highest BCUT2D eigenvalue weighted by Gasteiger charge is 2.25. The first-order valence-electron chi connectivity index (χ1n) is 11.5. The first-order chi connectivity index (χ1) is 14.8. The van der Waals surface area contributed by atoms with Crippen LogP contribution in [0.3, 0.4) is 0 Å². The number of imidazole rings is 1. The highest BCUT2D eigenvalue weighted by molar-refractivity contribution is 6.12. The van der Waals surface area contributed by atoms with Crippen molar-refractivity contribution < 1.29 is 4.57 Å². The highest BCUT2D eigenvalue weighted by atomic mass is 15.1. The van der Waals surface area contributed by atoms with Gasteiger partial charge in [-0.1, -0.05) is 45.9 Å². The molecule has 5 rings (SSSR count). The fraction of sp³-hybridized carbons (Fsp3) is 0.357. The summed E-state index contributed by atoms with van der Waals surface area (Å²) in [6, 6.07) is 18.0. The third-order valence-corrected chi connectivity index (χ3v) is 6.33. The summed E-state index contributed by atoms with van der Waals surface area (Å²) >= 11 is 0. The molecule has 3 heterocycles. The van der Waals surface area contributed by atoms with Gasteiger partial charge in [-0.05, 0) is 73.1 Å². The lowest BCUT2D eigenvalue weighted by Crippen LogP contribution is -2.27. The van der Waals surface area contributed by atoms with Crippen molar-refractivity contribution in [2.45, 2.75) is 47.5 Å². The van der Waals surface area contributed by atoms with Crippen molar-refractivity contribution in [2.24, 2.45) is 18.9 Å². The summed E-state index contributed by atoms with van der Waals surface area (Å²) < 4.78 is 4.79. The molecule has 0 amide bonds.